The van der Waals surface area contributed by atoms with Crippen molar-refractivity contribution in [1.82, 2.24) is 10.3 Å². The molecule has 106 valence electrons. The number of pyridine rings is 1. The van der Waals surface area contributed by atoms with Crippen molar-refractivity contribution in [3.63, 3.8) is 0 Å². The zero-order valence-electron chi connectivity index (χ0n) is 11.7. The third kappa shape index (κ3) is 5.17. The quantitative estimate of drug-likeness (QED) is 0.768. The van der Waals surface area contributed by atoms with Crippen LogP contribution in [0.4, 0.5) is 0 Å². The molecule has 1 aromatic heterocycles. The summed E-state index contributed by atoms with van der Waals surface area (Å²) in [6, 6.07) is 4.04. The normalized spacial score (nSPS) is 16.5. The van der Waals surface area contributed by atoms with Gasteiger partial charge >= 0.3 is 0 Å². The van der Waals surface area contributed by atoms with E-state index in [0.717, 1.165) is 58.1 Å². The molecular weight excluding hydrogens is 240 g/mol. The van der Waals surface area contributed by atoms with E-state index in [4.69, 9.17) is 9.47 Å². The Morgan fingerprint density at radius 2 is 2.21 bits per heavy atom. The van der Waals surface area contributed by atoms with Crippen molar-refractivity contribution < 1.29 is 9.47 Å². The van der Waals surface area contributed by atoms with E-state index in [0.29, 0.717) is 5.92 Å². The molecule has 4 nitrogen and oxygen atoms in total. The van der Waals surface area contributed by atoms with E-state index in [2.05, 4.69) is 23.3 Å². The molecular formula is C15H24N2O2. The maximum atomic E-state index is 5.74. The Balaban J connectivity index is 1.71. The van der Waals surface area contributed by atoms with Gasteiger partial charge in [0.1, 0.15) is 0 Å². The maximum absolute atomic E-state index is 5.74. The Morgan fingerprint density at radius 3 is 2.89 bits per heavy atom. The first kappa shape index (κ1) is 14.3. The van der Waals surface area contributed by atoms with Gasteiger partial charge in [-0.2, -0.15) is 0 Å². The van der Waals surface area contributed by atoms with Gasteiger partial charge in [0.2, 0.25) is 5.88 Å². The molecule has 0 unspecified atom stereocenters. The number of aromatic nitrogens is 1. The Labute approximate surface area is 115 Å². The standard InChI is InChI=1S/C15H24N2O2/c1-2-7-16-10-14-3-4-15(17-11-14)19-12-13-5-8-18-9-6-13/h3-4,11,13,16H,2,5-10,12H2,1H3. The van der Waals surface area contributed by atoms with E-state index in [9.17, 15) is 0 Å². The number of rotatable bonds is 7. The molecule has 0 saturated carbocycles. The first-order valence-corrected chi connectivity index (χ1v) is 7.24. The highest BCUT2D eigenvalue weighted by Gasteiger charge is 2.14. The second kappa shape index (κ2) is 8.12. The second-order valence-corrected chi connectivity index (χ2v) is 5.05. The molecule has 1 N–H and O–H groups in total. The fourth-order valence-corrected chi connectivity index (χ4v) is 2.13. The lowest BCUT2D eigenvalue weighted by atomic mass is 10.0. The summed E-state index contributed by atoms with van der Waals surface area (Å²) in [6.45, 7) is 6.57. The van der Waals surface area contributed by atoms with Gasteiger partial charge in [-0.3, -0.25) is 0 Å². The molecule has 0 aliphatic carbocycles. The predicted octanol–water partition coefficient (Wildman–Crippen LogP) is 2.39. The van der Waals surface area contributed by atoms with Crippen molar-refractivity contribution in [1.29, 1.82) is 0 Å². The fourth-order valence-electron chi connectivity index (χ4n) is 2.13. The van der Waals surface area contributed by atoms with Crippen molar-refractivity contribution >= 4 is 0 Å². The third-order valence-corrected chi connectivity index (χ3v) is 3.36. The lowest BCUT2D eigenvalue weighted by Crippen LogP contribution is -2.21. The van der Waals surface area contributed by atoms with Gasteiger partial charge in [-0.15, -0.1) is 0 Å². The highest BCUT2D eigenvalue weighted by Crippen LogP contribution is 2.16. The Hall–Kier alpha value is -1.13. The lowest BCUT2D eigenvalue weighted by molar-refractivity contribution is 0.0490. The van der Waals surface area contributed by atoms with Crippen molar-refractivity contribution in [2.24, 2.45) is 5.92 Å². The van der Waals surface area contributed by atoms with E-state index >= 15 is 0 Å². The van der Waals surface area contributed by atoms with Crippen LogP contribution in [0.15, 0.2) is 18.3 Å². The molecule has 0 radical (unpaired) electrons. The molecule has 0 spiro atoms. The van der Waals surface area contributed by atoms with Crippen molar-refractivity contribution in [3.8, 4) is 5.88 Å². The minimum atomic E-state index is 0.612. The summed E-state index contributed by atoms with van der Waals surface area (Å²) in [7, 11) is 0. The Morgan fingerprint density at radius 1 is 1.37 bits per heavy atom. The smallest absolute Gasteiger partial charge is 0.213 e. The maximum Gasteiger partial charge on any atom is 0.213 e. The summed E-state index contributed by atoms with van der Waals surface area (Å²) >= 11 is 0. The van der Waals surface area contributed by atoms with Gasteiger partial charge in [-0.25, -0.2) is 4.98 Å². The molecule has 1 saturated heterocycles. The summed E-state index contributed by atoms with van der Waals surface area (Å²) < 4.78 is 11.1. The van der Waals surface area contributed by atoms with Gasteiger partial charge in [0.25, 0.3) is 0 Å². The van der Waals surface area contributed by atoms with Crippen LogP contribution in [0, 0.1) is 5.92 Å². The van der Waals surface area contributed by atoms with Crippen molar-refractivity contribution in [3.05, 3.63) is 23.9 Å². The number of nitrogens with zero attached hydrogens (tertiary/aromatic N) is 1. The third-order valence-electron chi connectivity index (χ3n) is 3.36. The monoisotopic (exact) mass is 264 g/mol. The van der Waals surface area contributed by atoms with Crippen LogP contribution in [0.3, 0.4) is 0 Å². The van der Waals surface area contributed by atoms with Crippen LogP contribution in [0.2, 0.25) is 0 Å². The Kier molecular flexibility index (Phi) is 6.11. The summed E-state index contributed by atoms with van der Waals surface area (Å²) in [5.74, 6) is 1.34. The Bertz CT molecular complexity index is 348. The molecule has 0 aromatic carbocycles. The molecule has 2 rings (SSSR count). The van der Waals surface area contributed by atoms with Crippen LogP contribution in [0.25, 0.3) is 0 Å². The molecule has 0 amide bonds. The molecule has 0 bridgehead atoms. The number of hydrogen-bond acceptors (Lipinski definition) is 4. The molecule has 4 heteroatoms. The number of ether oxygens (including phenoxy) is 2. The van der Waals surface area contributed by atoms with Crippen LogP contribution in [0.5, 0.6) is 5.88 Å². The van der Waals surface area contributed by atoms with Gasteiger partial charge < -0.3 is 14.8 Å². The van der Waals surface area contributed by atoms with E-state index in [1.165, 1.54) is 5.56 Å². The number of nitrogens with one attached hydrogen (secondary N) is 1. The SMILES string of the molecule is CCCNCc1ccc(OCC2CCOCC2)nc1. The average Bonchev–Trinajstić information content (AvgIpc) is 2.48. The van der Waals surface area contributed by atoms with E-state index in [1.54, 1.807) is 0 Å². The van der Waals surface area contributed by atoms with Gasteiger partial charge in [0.05, 0.1) is 6.61 Å². The fraction of sp³-hybridized carbons (Fsp3) is 0.667. The molecule has 19 heavy (non-hydrogen) atoms. The molecule has 1 aromatic rings. The molecule has 1 aliphatic rings. The van der Waals surface area contributed by atoms with Crippen molar-refractivity contribution in [2.45, 2.75) is 32.7 Å². The molecule has 1 fully saturated rings. The molecule has 0 atom stereocenters. The first-order chi connectivity index (χ1) is 9.38. The minimum absolute atomic E-state index is 0.612. The van der Waals surface area contributed by atoms with Crippen LogP contribution in [-0.4, -0.2) is 31.3 Å². The van der Waals surface area contributed by atoms with E-state index in [1.807, 2.05) is 12.3 Å². The zero-order valence-corrected chi connectivity index (χ0v) is 11.7. The summed E-state index contributed by atoms with van der Waals surface area (Å²) in [6.07, 6.45) is 5.24. The summed E-state index contributed by atoms with van der Waals surface area (Å²) in [5.41, 5.74) is 1.20. The summed E-state index contributed by atoms with van der Waals surface area (Å²) in [5, 5.41) is 3.36. The van der Waals surface area contributed by atoms with Crippen LogP contribution < -0.4 is 10.1 Å². The van der Waals surface area contributed by atoms with Gasteiger partial charge in [0, 0.05) is 32.0 Å². The molecule has 1 aliphatic heterocycles. The van der Waals surface area contributed by atoms with Crippen molar-refractivity contribution in [2.75, 3.05) is 26.4 Å². The van der Waals surface area contributed by atoms with Gasteiger partial charge in [-0.1, -0.05) is 13.0 Å². The van der Waals surface area contributed by atoms with Crippen LogP contribution >= 0.6 is 0 Å². The highest BCUT2D eigenvalue weighted by atomic mass is 16.5. The second-order valence-electron chi connectivity index (χ2n) is 5.05. The zero-order chi connectivity index (χ0) is 13.3. The van der Waals surface area contributed by atoms with E-state index < -0.39 is 0 Å². The first-order valence-electron chi connectivity index (χ1n) is 7.24. The average molecular weight is 264 g/mol. The van der Waals surface area contributed by atoms with E-state index in [-0.39, 0.29) is 0 Å². The van der Waals surface area contributed by atoms with Crippen LogP contribution in [0.1, 0.15) is 31.7 Å². The predicted molar refractivity (Wildman–Crippen MR) is 75.3 cm³/mol. The van der Waals surface area contributed by atoms with Gasteiger partial charge in [-0.05, 0) is 37.3 Å². The summed E-state index contributed by atoms with van der Waals surface area (Å²) in [4.78, 5) is 4.35. The molecule has 2 heterocycles. The highest BCUT2D eigenvalue weighted by molar-refractivity contribution is 5.17. The lowest BCUT2D eigenvalue weighted by Gasteiger charge is -2.21. The topological polar surface area (TPSA) is 43.4 Å². The number of hydrogen-bond donors (Lipinski definition) is 1. The van der Waals surface area contributed by atoms with Gasteiger partial charge in [0.15, 0.2) is 0 Å². The minimum Gasteiger partial charge on any atom is -0.477 e. The van der Waals surface area contributed by atoms with Crippen LogP contribution in [-0.2, 0) is 11.3 Å². The largest absolute Gasteiger partial charge is 0.477 e.